The molecule has 8 heteroatoms. The summed E-state index contributed by atoms with van der Waals surface area (Å²) in [5.41, 5.74) is 2.69. The van der Waals surface area contributed by atoms with Crippen LogP contribution < -0.4 is 5.32 Å². The third kappa shape index (κ3) is 2.96. The number of nitrogens with one attached hydrogen (secondary N) is 1. The molecule has 2 aliphatic rings. The minimum Gasteiger partial charge on any atom is -0.372 e. The Kier molecular flexibility index (Phi) is 4.24. The third-order valence-corrected chi connectivity index (χ3v) is 7.97. The van der Waals surface area contributed by atoms with E-state index in [-0.39, 0.29) is 10.4 Å². The molecule has 0 bridgehead atoms. The van der Waals surface area contributed by atoms with Crippen LogP contribution in [0.2, 0.25) is 5.02 Å². The van der Waals surface area contributed by atoms with Gasteiger partial charge in [-0.2, -0.15) is 4.31 Å². The van der Waals surface area contributed by atoms with E-state index in [0.29, 0.717) is 31.0 Å². The molecule has 2 aliphatic heterocycles. The van der Waals surface area contributed by atoms with Crippen molar-refractivity contribution in [2.75, 3.05) is 18.4 Å². The van der Waals surface area contributed by atoms with Gasteiger partial charge in [0.2, 0.25) is 10.0 Å². The van der Waals surface area contributed by atoms with Crippen LogP contribution in [0.3, 0.4) is 0 Å². The van der Waals surface area contributed by atoms with Crippen molar-refractivity contribution < 1.29 is 12.8 Å². The zero-order valence-corrected chi connectivity index (χ0v) is 17.0. The molecule has 1 fully saturated rings. The molecule has 0 saturated carbocycles. The summed E-state index contributed by atoms with van der Waals surface area (Å²) in [6, 6.07) is 15.0. The molecule has 1 N–H and O–H groups in total. The number of hydrogen-bond donors (Lipinski definition) is 1. The van der Waals surface area contributed by atoms with Gasteiger partial charge in [-0.05, 0) is 61.4 Å². The number of nitrogens with zero attached hydrogens (tertiary/aromatic N) is 2. The van der Waals surface area contributed by atoms with Gasteiger partial charge >= 0.3 is 0 Å². The van der Waals surface area contributed by atoms with Crippen LogP contribution in [0.25, 0.3) is 5.69 Å². The van der Waals surface area contributed by atoms with Crippen molar-refractivity contribution in [1.29, 1.82) is 0 Å². The Morgan fingerprint density at radius 3 is 2.59 bits per heavy atom. The van der Waals surface area contributed by atoms with E-state index in [1.165, 1.54) is 22.5 Å². The van der Waals surface area contributed by atoms with E-state index < -0.39 is 15.8 Å². The molecule has 0 amide bonds. The Labute approximate surface area is 173 Å². The Bertz CT molecular complexity index is 1200. The Hall–Kier alpha value is -2.35. The normalized spacial score (nSPS) is 18.1. The monoisotopic (exact) mass is 431 g/mol. The largest absolute Gasteiger partial charge is 0.372 e. The number of sulfonamides is 1. The molecule has 0 aliphatic carbocycles. The topological polar surface area (TPSA) is 54.3 Å². The third-order valence-electron chi connectivity index (χ3n) is 5.84. The minimum absolute atomic E-state index is 0.00610. The molecule has 1 spiro atoms. The van der Waals surface area contributed by atoms with Gasteiger partial charge in [-0.15, -0.1) is 0 Å². The first-order valence-corrected chi connectivity index (χ1v) is 11.2. The van der Waals surface area contributed by atoms with Crippen LogP contribution in [0, 0.1) is 5.82 Å². The number of hydrogen-bond acceptors (Lipinski definition) is 3. The Balaban J connectivity index is 1.45. The molecule has 1 saturated heterocycles. The molecular formula is C21H19ClFN3O2S. The molecule has 0 radical (unpaired) electrons. The first kappa shape index (κ1) is 18.7. The average molecular weight is 432 g/mol. The second-order valence-corrected chi connectivity index (χ2v) is 9.87. The van der Waals surface area contributed by atoms with Crippen LogP contribution in [-0.2, 0) is 15.6 Å². The van der Waals surface area contributed by atoms with Gasteiger partial charge in [0.1, 0.15) is 5.82 Å². The summed E-state index contributed by atoms with van der Waals surface area (Å²) in [5, 5.41) is 4.31. The Morgan fingerprint density at radius 2 is 1.83 bits per heavy atom. The van der Waals surface area contributed by atoms with Crippen molar-refractivity contribution in [3.63, 3.8) is 0 Å². The molecule has 0 atom stereocenters. The maximum atomic E-state index is 13.5. The van der Waals surface area contributed by atoms with E-state index in [1.807, 2.05) is 30.5 Å². The average Bonchev–Trinajstić information content (AvgIpc) is 3.21. The molecule has 150 valence electrons. The molecule has 0 unspecified atom stereocenters. The van der Waals surface area contributed by atoms with Gasteiger partial charge in [-0.1, -0.05) is 17.7 Å². The van der Waals surface area contributed by atoms with Crippen LogP contribution in [0.15, 0.2) is 65.7 Å². The number of anilines is 1. The van der Waals surface area contributed by atoms with Crippen molar-refractivity contribution in [2.24, 2.45) is 0 Å². The number of aromatic nitrogens is 1. The fraction of sp³-hybridized carbons (Fsp3) is 0.238. The molecule has 5 nitrogen and oxygen atoms in total. The van der Waals surface area contributed by atoms with E-state index in [0.717, 1.165) is 23.1 Å². The van der Waals surface area contributed by atoms with Gasteiger partial charge in [0, 0.05) is 30.0 Å². The highest BCUT2D eigenvalue weighted by Crippen LogP contribution is 2.44. The van der Waals surface area contributed by atoms with E-state index in [2.05, 4.69) is 16.0 Å². The lowest BCUT2D eigenvalue weighted by atomic mass is 9.83. The molecule has 3 aromatic rings. The fourth-order valence-electron chi connectivity index (χ4n) is 4.38. The highest BCUT2D eigenvalue weighted by atomic mass is 35.5. The summed E-state index contributed by atoms with van der Waals surface area (Å²) in [4.78, 5) is -0.00610. The lowest BCUT2D eigenvalue weighted by molar-refractivity contribution is 0.247. The molecular weight excluding hydrogens is 413 g/mol. The van der Waals surface area contributed by atoms with Crippen molar-refractivity contribution in [1.82, 2.24) is 8.87 Å². The van der Waals surface area contributed by atoms with Crippen molar-refractivity contribution in [3.8, 4) is 5.69 Å². The van der Waals surface area contributed by atoms with Gasteiger partial charge in [0.25, 0.3) is 0 Å². The second-order valence-electron chi connectivity index (χ2n) is 7.49. The highest BCUT2D eigenvalue weighted by molar-refractivity contribution is 7.89. The summed E-state index contributed by atoms with van der Waals surface area (Å²) in [7, 11) is -3.73. The van der Waals surface area contributed by atoms with Crippen LogP contribution >= 0.6 is 11.6 Å². The summed E-state index contributed by atoms with van der Waals surface area (Å²) >= 11 is 6.18. The number of benzene rings is 2. The molecule has 5 rings (SSSR count). The standard InChI is InChI=1S/C21H19ClFN3O2S/c22-15-6-7-18-19(13-15)26-10-2-5-20(26)21(24-18)8-11-25(12-9-21)29(27,28)17-4-1-3-16(23)14-17/h1-7,10,13-14,24H,8-9,11-12H2. The molecule has 2 aromatic carbocycles. The van der Waals surface area contributed by atoms with Gasteiger partial charge in [0.15, 0.2) is 0 Å². The summed E-state index contributed by atoms with van der Waals surface area (Å²) in [5.74, 6) is -0.554. The van der Waals surface area contributed by atoms with Gasteiger partial charge in [-0.25, -0.2) is 12.8 Å². The summed E-state index contributed by atoms with van der Waals surface area (Å²) in [6.07, 6.45) is 3.21. The number of fused-ring (bicyclic) bond motifs is 4. The first-order valence-electron chi connectivity index (χ1n) is 9.41. The van der Waals surface area contributed by atoms with Crippen molar-refractivity contribution in [3.05, 3.63) is 77.3 Å². The van der Waals surface area contributed by atoms with E-state index in [4.69, 9.17) is 11.6 Å². The molecule has 29 heavy (non-hydrogen) atoms. The van der Waals surface area contributed by atoms with Gasteiger partial charge < -0.3 is 9.88 Å². The summed E-state index contributed by atoms with van der Waals surface area (Å²) < 4.78 is 43.0. The van der Waals surface area contributed by atoms with Crippen molar-refractivity contribution in [2.45, 2.75) is 23.3 Å². The number of halogens is 2. The van der Waals surface area contributed by atoms with Gasteiger partial charge in [-0.3, -0.25) is 0 Å². The van der Waals surface area contributed by atoms with E-state index >= 15 is 0 Å². The van der Waals surface area contributed by atoms with Crippen LogP contribution in [0.4, 0.5) is 10.1 Å². The van der Waals surface area contributed by atoms with Crippen LogP contribution in [0.5, 0.6) is 0 Å². The predicted octanol–water partition coefficient (Wildman–Crippen LogP) is 4.38. The number of piperidine rings is 1. The minimum atomic E-state index is -3.73. The lowest BCUT2D eigenvalue weighted by Gasteiger charge is -2.45. The SMILES string of the molecule is O=S(=O)(c1cccc(F)c1)N1CCC2(CC1)Nc1ccc(Cl)cc1-n1cccc12. The predicted molar refractivity (Wildman–Crippen MR) is 110 cm³/mol. The van der Waals surface area contributed by atoms with Crippen LogP contribution in [0.1, 0.15) is 18.5 Å². The number of rotatable bonds is 2. The fourth-order valence-corrected chi connectivity index (χ4v) is 6.02. The zero-order valence-electron chi connectivity index (χ0n) is 15.5. The maximum absolute atomic E-state index is 13.5. The molecule has 1 aromatic heterocycles. The lowest BCUT2D eigenvalue weighted by Crippen LogP contribution is -2.51. The maximum Gasteiger partial charge on any atom is 0.243 e. The van der Waals surface area contributed by atoms with E-state index in [1.54, 1.807) is 0 Å². The van der Waals surface area contributed by atoms with Crippen molar-refractivity contribution >= 4 is 27.3 Å². The summed E-state index contributed by atoms with van der Waals surface area (Å²) in [6.45, 7) is 0.694. The first-order chi connectivity index (χ1) is 13.9. The van der Waals surface area contributed by atoms with E-state index in [9.17, 15) is 12.8 Å². The molecule has 3 heterocycles. The quantitative estimate of drug-likeness (QED) is 0.655. The Morgan fingerprint density at radius 1 is 1.03 bits per heavy atom. The second kappa shape index (κ2) is 6.58. The smallest absolute Gasteiger partial charge is 0.243 e. The van der Waals surface area contributed by atoms with Gasteiger partial charge in [0.05, 0.1) is 21.8 Å². The van der Waals surface area contributed by atoms with Crippen LogP contribution in [-0.4, -0.2) is 30.4 Å². The highest BCUT2D eigenvalue weighted by Gasteiger charge is 2.43. The zero-order chi connectivity index (χ0) is 20.2.